The van der Waals surface area contributed by atoms with Gasteiger partial charge in [-0.1, -0.05) is 57.2 Å². The number of anilines is 1. The van der Waals surface area contributed by atoms with Crippen molar-refractivity contribution < 1.29 is 4.74 Å². The summed E-state index contributed by atoms with van der Waals surface area (Å²) in [4.78, 5) is 0. The minimum atomic E-state index is 0.0414. The molecule has 2 aromatic rings. The molecule has 2 rings (SSSR count). The second-order valence-electron chi connectivity index (χ2n) is 5.78. The normalized spacial score (nSPS) is 11.3. The van der Waals surface area contributed by atoms with Gasteiger partial charge in [-0.15, -0.1) is 0 Å². The average Bonchev–Trinajstić information content (AvgIpc) is 2.36. The predicted molar refractivity (Wildman–Crippen MR) is 80.3 cm³/mol. The van der Waals surface area contributed by atoms with Crippen LogP contribution in [0.25, 0.3) is 0 Å². The highest BCUT2D eigenvalue weighted by Crippen LogP contribution is 2.33. The molecule has 0 aromatic heterocycles. The highest BCUT2D eigenvalue weighted by Gasteiger charge is 2.19. The van der Waals surface area contributed by atoms with Crippen molar-refractivity contribution in [3.63, 3.8) is 0 Å². The van der Waals surface area contributed by atoms with Gasteiger partial charge in [0.05, 0.1) is 0 Å². The van der Waals surface area contributed by atoms with Crippen LogP contribution in [0.5, 0.6) is 5.75 Å². The molecule has 2 heteroatoms. The fraction of sp³-hybridized carbons (Fsp3) is 0.294. The number of rotatable bonds is 3. The molecule has 0 bridgehead atoms. The number of nitrogen functional groups attached to an aromatic ring is 1. The van der Waals surface area contributed by atoms with E-state index < -0.39 is 0 Å². The Morgan fingerprint density at radius 1 is 1.00 bits per heavy atom. The smallest absolute Gasteiger partial charge is 0.125 e. The molecule has 0 heterocycles. The van der Waals surface area contributed by atoms with Crippen molar-refractivity contribution in [3.05, 3.63) is 59.7 Å². The standard InChI is InChI=1S/C17H21NO/c1-17(2,3)15-10-9-14(18)11-16(15)19-12-13-7-5-4-6-8-13/h4-11H,12,18H2,1-3H3. The van der Waals surface area contributed by atoms with Gasteiger partial charge in [0, 0.05) is 11.8 Å². The van der Waals surface area contributed by atoms with Crippen LogP contribution in [0.15, 0.2) is 48.5 Å². The SMILES string of the molecule is CC(C)(C)c1ccc(N)cc1OCc1ccccc1. The molecule has 0 saturated carbocycles. The Hall–Kier alpha value is -1.96. The van der Waals surface area contributed by atoms with Crippen molar-refractivity contribution in [2.24, 2.45) is 0 Å². The first-order valence-corrected chi connectivity index (χ1v) is 6.53. The summed E-state index contributed by atoms with van der Waals surface area (Å²) >= 11 is 0. The third-order valence-electron chi connectivity index (χ3n) is 3.05. The maximum atomic E-state index is 5.95. The summed E-state index contributed by atoms with van der Waals surface area (Å²) in [5, 5.41) is 0. The van der Waals surface area contributed by atoms with Crippen molar-refractivity contribution in [1.29, 1.82) is 0 Å². The van der Waals surface area contributed by atoms with Crippen molar-refractivity contribution >= 4 is 5.69 Å². The molecule has 0 aliphatic rings. The zero-order chi connectivity index (χ0) is 13.9. The maximum absolute atomic E-state index is 5.95. The van der Waals surface area contributed by atoms with Gasteiger partial charge in [-0.2, -0.15) is 0 Å². The van der Waals surface area contributed by atoms with E-state index in [0.29, 0.717) is 6.61 Å². The van der Waals surface area contributed by atoms with Crippen LogP contribution in [-0.4, -0.2) is 0 Å². The van der Waals surface area contributed by atoms with Gasteiger partial charge in [-0.3, -0.25) is 0 Å². The first kappa shape index (κ1) is 13.5. The third-order valence-corrected chi connectivity index (χ3v) is 3.05. The lowest BCUT2D eigenvalue weighted by atomic mass is 9.86. The third kappa shape index (κ3) is 3.50. The molecule has 0 atom stereocenters. The lowest BCUT2D eigenvalue weighted by molar-refractivity contribution is 0.298. The lowest BCUT2D eigenvalue weighted by Gasteiger charge is -2.23. The summed E-state index contributed by atoms with van der Waals surface area (Å²) in [6.45, 7) is 7.09. The van der Waals surface area contributed by atoms with E-state index in [-0.39, 0.29) is 5.41 Å². The fourth-order valence-electron chi connectivity index (χ4n) is 2.01. The van der Waals surface area contributed by atoms with E-state index in [0.717, 1.165) is 17.0 Å². The van der Waals surface area contributed by atoms with E-state index in [1.165, 1.54) is 5.56 Å². The van der Waals surface area contributed by atoms with Crippen LogP contribution in [0.2, 0.25) is 0 Å². The van der Waals surface area contributed by atoms with E-state index in [2.05, 4.69) is 39.0 Å². The second-order valence-corrected chi connectivity index (χ2v) is 5.78. The van der Waals surface area contributed by atoms with Crippen LogP contribution in [0.1, 0.15) is 31.9 Å². The molecule has 2 N–H and O–H groups in total. The lowest BCUT2D eigenvalue weighted by Crippen LogP contribution is -2.13. The fourth-order valence-corrected chi connectivity index (χ4v) is 2.01. The van der Waals surface area contributed by atoms with Crippen LogP contribution in [0.4, 0.5) is 5.69 Å². The Morgan fingerprint density at radius 3 is 2.32 bits per heavy atom. The van der Waals surface area contributed by atoms with E-state index in [4.69, 9.17) is 10.5 Å². The quantitative estimate of drug-likeness (QED) is 0.836. The van der Waals surface area contributed by atoms with Crippen LogP contribution in [0.3, 0.4) is 0 Å². The molecule has 2 nitrogen and oxygen atoms in total. The molecule has 0 aliphatic carbocycles. The molecule has 0 radical (unpaired) electrons. The van der Waals surface area contributed by atoms with Gasteiger partial charge < -0.3 is 10.5 Å². The Labute approximate surface area is 115 Å². The van der Waals surface area contributed by atoms with Gasteiger partial charge in [0.15, 0.2) is 0 Å². The van der Waals surface area contributed by atoms with Crippen molar-refractivity contribution in [3.8, 4) is 5.75 Å². The molecule has 0 amide bonds. The molecule has 0 spiro atoms. The molecular formula is C17H21NO. The minimum Gasteiger partial charge on any atom is -0.489 e. The van der Waals surface area contributed by atoms with Gasteiger partial charge in [0.2, 0.25) is 0 Å². The number of hydrogen-bond acceptors (Lipinski definition) is 2. The first-order chi connectivity index (χ1) is 8.97. The monoisotopic (exact) mass is 255 g/mol. The zero-order valence-electron chi connectivity index (χ0n) is 11.8. The average molecular weight is 255 g/mol. The van der Waals surface area contributed by atoms with Crippen molar-refractivity contribution in [2.45, 2.75) is 32.8 Å². The molecule has 0 unspecified atom stereocenters. The van der Waals surface area contributed by atoms with E-state index in [9.17, 15) is 0 Å². The Morgan fingerprint density at radius 2 is 1.68 bits per heavy atom. The highest BCUT2D eigenvalue weighted by atomic mass is 16.5. The Kier molecular flexibility index (Phi) is 3.79. The summed E-state index contributed by atoms with van der Waals surface area (Å²) in [7, 11) is 0. The van der Waals surface area contributed by atoms with Gasteiger partial charge in [-0.25, -0.2) is 0 Å². The summed E-state index contributed by atoms with van der Waals surface area (Å²) < 4.78 is 5.95. The van der Waals surface area contributed by atoms with Crippen molar-refractivity contribution in [1.82, 2.24) is 0 Å². The number of hydrogen-bond donors (Lipinski definition) is 1. The van der Waals surface area contributed by atoms with Gasteiger partial charge in [0.25, 0.3) is 0 Å². The van der Waals surface area contributed by atoms with Gasteiger partial charge in [0.1, 0.15) is 12.4 Å². The molecule has 2 aromatic carbocycles. The molecule has 0 fully saturated rings. The van der Waals surface area contributed by atoms with Crippen LogP contribution in [0, 0.1) is 0 Å². The number of ether oxygens (including phenoxy) is 1. The van der Waals surface area contributed by atoms with Crippen LogP contribution < -0.4 is 10.5 Å². The summed E-state index contributed by atoms with van der Waals surface area (Å²) in [6, 6.07) is 16.0. The summed E-state index contributed by atoms with van der Waals surface area (Å²) in [5.41, 5.74) is 8.97. The highest BCUT2D eigenvalue weighted by molar-refractivity contribution is 5.50. The maximum Gasteiger partial charge on any atom is 0.125 e. The van der Waals surface area contributed by atoms with E-state index in [1.807, 2.05) is 30.3 Å². The summed E-state index contributed by atoms with van der Waals surface area (Å²) in [5.74, 6) is 0.872. The van der Waals surface area contributed by atoms with Crippen LogP contribution >= 0.6 is 0 Å². The second kappa shape index (κ2) is 5.35. The molecule has 100 valence electrons. The number of benzene rings is 2. The summed E-state index contributed by atoms with van der Waals surface area (Å²) in [6.07, 6.45) is 0. The Balaban J connectivity index is 2.22. The first-order valence-electron chi connectivity index (χ1n) is 6.53. The molecule has 0 saturated heterocycles. The molecule has 0 aliphatic heterocycles. The van der Waals surface area contributed by atoms with Crippen molar-refractivity contribution in [2.75, 3.05) is 5.73 Å². The number of nitrogens with two attached hydrogens (primary N) is 1. The zero-order valence-corrected chi connectivity index (χ0v) is 11.8. The Bertz CT molecular complexity index is 541. The topological polar surface area (TPSA) is 35.2 Å². The molecular weight excluding hydrogens is 234 g/mol. The molecule has 19 heavy (non-hydrogen) atoms. The van der Waals surface area contributed by atoms with Crippen LogP contribution in [-0.2, 0) is 12.0 Å². The van der Waals surface area contributed by atoms with E-state index >= 15 is 0 Å². The van der Waals surface area contributed by atoms with Gasteiger partial charge >= 0.3 is 0 Å². The van der Waals surface area contributed by atoms with E-state index in [1.54, 1.807) is 0 Å². The largest absolute Gasteiger partial charge is 0.489 e. The van der Waals surface area contributed by atoms with Gasteiger partial charge in [-0.05, 0) is 22.6 Å². The predicted octanol–water partition coefficient (Wildman–Crippen LogP) is 4.15. The minimum absolute atomic E-state index is 0.0414.